The van der Waals surface area contributed by atoms with E-state index in [1.165, 1.54) is 22.6 Å². The number of H-pyrrole nitrogens is 1. The molecule has 0 bridgehead atoms. The summed E-state index contributed by atoms with van der Waals surface area (Å²) in [7, 11) is 2.33. The molecule has 13 heteroatoms. The van der Waals surface area contributed by atoms with Crippen molar-refractivity contribution in [3.8, 4) is 0 Å². The van der Waals surface area contributed by atoms with E-state index >= 15 is 0 Å². The average molecular weight is 652 g/mol. The highest BCUT2D eigenvalue weighted by Gasteiger charge is 2.45. The number of aromatic amines is 1. The maximum absolute atomic E-state index is 13.1. The third-order valence-corrected chi connectivity index (χ3v) is 8.43. The molecule has 0 radical (unpaired) electrons. The van der Waals surface area contributed by atoms with E-state index in [1.54, 1.807) is 6.92 Å². The lowest BCUT2D eigenvalue weighted by Crippen LogP contribution is -2.38. The van der Waals surface area contributed by atoms with E-state index in [0.29, 0.717) is 5.56 Å². The lowest BCUT2D eigenvalue weighted by atomic mass is 9.80. The van der Waals surface area contributed by atoms with Gasteiger partial charge in [0.15, 0.2) is 5.69 Å². The van der Waals surface area contributed by atoms with Crippen LogP contribution in [-0.4, -0.2) is 63.4 Å². The van der Waals surface area contributed by atoms with E-state index in [2.05, 4.69) is 15.3 Å². The summed E-state index contributed by atoms with van der Waals surface area (Å²) in [5, 5.41) is 8.12. The molecule has 1 saturated heterocycles. The van der Waals surface area contributed by atoms with Crippen LogP contribution in [0.4, 0.5) is 0 Å². The van der Waals surface area contributed by atoms with Gasteiger partial charge in [0.2, 0.25) is 5.69 Å². The van der Waals surface area contributed by atoms with Gasteiger partial charge in [0.05, 0.1) is 26.9 Å². The first-order valence-electron chi connectivity index (χ1n) is 15.2. The summed E-state index contributed by atoms with van der Waals surface area (Å²) in [4.78, 5) is 53.1. The van der Waals surface area contributed by atoms with Crippen LogP contribution in [0.15, 0.2) is 107 Å². The van der Waals surface area contributed by atoms with E-state index in [-0.39, 0.29) is 24.4 Å². The molecule has 0 unspecified atom stereocenters. The number of aromatic nitrogens is 5. The Morgan fingerprint density at radius 1 is 0.875 bits per heavy atom. The first kappa shape index (κ1) is 32.3. The molecule has 5 aromatic rings. The summed E-state index contributed by atoms with van der Waals surface area (Å²) in [5.41, 5.74) is -0.0344. The van der Waals surface area contributed by atoms with Crippen molar-refractivity contribution in [1.82, 2.24) is 24.5 Å². The maximum Gasteiger partial charge on any atom is 0.361 e. The number of benzene rings is 3. The molecule has 1 fully saturated rings. The normalized spacial score (nSPS) is 17.6. The number of nitrogens with one attached hydrogen (secondary N) is 1. The molecule has 0 amide bonds. The first-order valence-corrected chi connectivity index (χ1v) is 15.2. The van der Waals surface area contributed by atoms with Crippen LogP contribution in [0.25, 0.3) is 0 Å². The van der Waals surface area contributed by atoms with Crippen LogP contribution in [0, 0.1) is 6.92 Å². The van der Waals surface area contributed by atoms with Crippen molar-refractivity contribution in [2.75, 3.05) is 20.8 Å². The summed E-state index contributed by atoms with van der Waals surface area (Å²) in [6.07, 6.45) is -0.276. The predicted molar refractivity (Wildman–Crippen MR) is 171 cm³/mol. The summed E-state index contributed by atoms with van der Waals surface area (Å²) >= 11 is 0. The van der Waals surface area contributed by atoms with E-state index in [9.17, 15) is 19.2 Å². The third kappa shape index (κ3) is 5.85. The van der Waals surface area contributed by atoms with Gasteiger partial charge in [-0.25, -0.2) is 19.1 Å². The number of carbonyl (C=O) groups is 2. The molecule has 1 N–H and O–H groups in total. The standard InChI is InChI=1S/C35H33N5O8/c1-22-20-39(34(44)36-31(22)41)28-19-26(40-30(33(43)46-3)29(37-38-40)32(42)45-2)27(48-28)21-47-35(23-13-7-4-8-14-23,24-15-9-5-10-16-24)25-17-11-6-12-18-25/h4-18,20,26-28H,19,21H2,1-3H3,(H,36,41,44)/t26-,27+,28+/m0/s1. The molecule has 6 rings (SSSR count). The van der Waals surface area contributed by atoms with Crippen molar-refractivity contribution in [3.05, 3.63) is 152 Å². The van der Waals surface area contributed by atoms with E-state index < -0.39 is 47.2 Å². The molecular weight excluding hydrogens is 618 g/mol. The molecular formula is C35H33N5O8. The smallest absolute Gasteiger partial charge is 0.361 e. The molecule has 3 aromatic carbocycles. The molecule has 3 atom stereocenters. The number of carbonyl (C=O) groups excluding carboxylic acids is 2. The van der Waals surface area contributed by atoms with Crippen molar-refractivity contribution >= 4 is 11.9 Å². The van der Waals surface area contributed by atoms with Gasteiger partial charge >= 0.3 is 17.6 Å². The predicted octanol–water partition coefficient (Wildman–Crippen LogP) is 3.55. The van der Waals surface area contributed by atoms with Crippen LogP contribution in [-0.2, 0) is 24.5 Å². The molecule has 0 aliphatic carbocycles. The zero-order valence-electron chi connectivity index (χ0n) is 26.4. The van der Waals surface area contributed by atoms with Crippen LogP contribution in [0.1, 0.15) is 61.9 Å². The first-order chi connectivity index (χ1) is 23.3. The Morgan fingerprint density at radius 3 is 1.94 bits per heavy atom. The largest absolute Gasteiger partial charge is 0.464 e. The maximum atomic E-state index is 13.1. The zero-order chi connectivity index (χ0) is 33.8. The fourth-order valence-electron chi connectivity index (χ4n) is 6.12. The highest BCUT2D eigenvalue weighted by atomic mass is 16.6. The molecule has 1 aliphatic heterocycles. The number of methoxy groups -OCH3 is 2. The molecule has 246 valence electrons. The highest BCUT2D eigenvalue weighted by Crippen LogP contribution is 2.43. The average Bonchev–Trinajstić information content (AvgIpc) is 3.75. The number of rotatable bonds is 10. The molecule has 2 aromatic heterocycles. The lowest BCUT2D eigenvalue weighted by molar-refractivity contribution is -0.0844. The minimum atomic E-state index is -1.12. The highest BCUT2D eigenvalue weighted by molar-refractivity contribution is 6.00. The van der Waals surface area contributed by atoms with Gasteiger partial charge in [-0.05, 0) is 23.6 Å². The second-order valence-corrected chi connectivity index (χ2v) is 11.2. The second kappa shape index (κ2) is 13.6. The minimum absolute atomic E-state index is 0.0784. The van der Waals surface area contributed by atoms with E-state index in [4.69, 9.17) is 18.9 Å². The number of ether oxygens (including phenoxy) is 4. The number of hydrogen-bond acceptors (Lipinski definition) is 10. The van der Waals surface area contributed by atoms with Crippen LogP contribution in [0.3, 0.4) is 0 Å². The monoisotopic (exact) mass is 651 g/mol. The fourth-order valence-corrected chi connectivity index (χ4v) is 6.12. The van der Waals surface area contributed by atoms with Crippen molar-refractivity contribution in [3.63, 3.8) is 0 Å². The van der Waals surface area contributed by atoms with Crippen LogP contribution in [0.2, 0.25) is 0 Å². The molecule has 0 saturated carbocycles. The zero-order valence-corrected chi connectivity index (χ0v) is 26.4. The summed E-state index contributed by atoms with van der Waals surface area (Å²) in [6.45, 7) is 1.50. The molecule has 48 heavy (non-hydrogen) atoms. The Balaban J connectivity index is 1.48. The number of hydrogen-bond donors (Lipinski definition) is 1. The van der Waals surface area contributed by atoms with Crippen molar-refractivity contribution in [2.24, 2.45) is 0 Å². The lowest BCUT2D eigenvalue weighted by Gasteiger charge is -2.37. The van der Waals surface area contributed by atoms with Gasteiger partial charge in [0.1, 0.15) is 17.9 Å². The van der Waals surface area contributed by atoms with Crippen LogP contribution in [0.5, 0.6) is 0 Å². The topological polar surface area (TPSA) is 157 Å². The molecule has 0 spiro atoms. The Labute approximate surface area is 274 Å². The van der Waals surface area contributed by atoms with Gasteiger partial charge in [-0.3, -0.25) is 14.3 Å². The number of esters is 2. The quantitative estimate of drug-likeness (QED) is 0.175. The molecule has 1 aliphatic rings. The minimum Gasteiger partial charge on any atom is -0.464 e. The van der Waals surface area contributed by atoms with Gasteiger partial charge in [-0.1, -0.05) is 96.2 Å². The van der Waals surface area contributed by atoms with E-state index in [0.717, 1.165) is 23.8 Å². The Morgan fingerprint density at radius 2 is 1.42 bits per heavy atom. The molecule has 3 heterocycles. The van der Waals surface area contributed by atoms with Gasteiger partial charge in [-0.2, -0.15) is 0 Å². The second-order valence-electron chi connectivity index (χ2n) is 11.2. The van der Waals surface area contributed by atoms with Crippen LogP contribution < -0.4 is 11.2 Å². The SMILES string of the molecule is COC(=O)c1nnn([C@H]2C[C@H](n3cc(C)c(=O)[nH]c3=O)O[C@@H]2COC(c2ccccc2)(c2ccccc2)c2ccccc2)c1C(=O)OC. The van der Waals surface area contributed by atoms with Crippen LogP contribution >= 0.6 is 0 Å². The summed E-state index contributed by atoms with van der Waals surface area (Å²) in [6, 6.07) is 28.4. The summed E-state index contributed by atoms with van der Waals surface area (Å²) in [5.74, 6) is -1.75. The Bertz CT molecular complexity index is 1930. The molecule has 13 nitrogen and oxygen atoms in total. The number of aryl methyl sites for hydroxylation is 1. The fraction of sp³-hybridized carbons (Fsp3) is 0.257. The van der Waals surface area contributed by atoms with Gasteiger partial charge < -0.3 is 18.9 Å². The van der Waals surface area contributed by atoms with Crippen molar-refractivity contribution in [1.29, 1.82) is 0 Å². The van der Waals surface area contributed by atoms with Gasteiger partial charge in [0.25, 0.3) is 5.56 Å². The van der Waals surface area contributed by atoms with Gasteiger partial charge in [-0.15, -0.1) is 5.10 Å². The van der Waals surface area contributed by atoms with Gasteiger partial charge in [0, 0.05) is 18.2 Å². The van der Waals surface area contributed by atoms with Crippen molar-refractivity contribution in [2.45, 2.75) is 37.3 Å². The van der Waals surface area contributed by atoms with E-state index in [1.807, 2.05) is 91.0 Å². The third-order valence-electron chi connectivity index (χ3n) is 8.43. The Hall–Kier alpha value is -5.66. The number of nitrogens with zero attached hydrogens (tertiary/aromatic N) is 4. The van der Waals surface area contributed by atoms with Crippen molar-refractivity contribution < 1.29 is 28.5 Å². The summed E-state index contributed by atoms with van der Waals surface area (Å²) < 4.78 is 25.9. The Kier molecular flexibility index (Phi) is 9.15.